The van der Waals surface area contributed by atoms with Crippen molar-refractivity contribution in [2.75, 3.05) is 11.8 Å². The van der Waals surface area contributed by atoms with E-state index >= 15 is 0 Å². The maximum Gasteiger partial charge on any atom is 0.261 e. The third-order valence-corrected chi connectivity index (χ3v) is 6.05. The summed E-state index contributed by atoms with van der Waals surface area (Å²) in [5, 5.41) is 3.95. The highest BCUT2D eigenvalue weighted by molar-refractivity contribution is 7.92. The Hall–Kier alpha value is -3.98. The van der Waals surface area contributed by atoms with Crippen LogP contribution in [0.5, 0.6) is 0 Å². The molecule has 0 spiro atoms. The number of hydrogen-bond acceptors (Lipinski definition) is 6. The van der Waals surface area contributed by atoms with E-state index in [1.54, 1.807) is 49.5 Å². The van der Waals surface area contributed by atoms with Crippen molar-refractivity contribution >= 4 is 21.6 Å². The number of hydrogen-bond donors (Lipinski definition) is 1. The summed E-state index contributed by atoms with van der Waals surface area (Å²) in [6.45, 7) is 0.140. The average molecular weight is 449 g/mol. The SMILES string of the molecule is CN(Cc1nc(-c2ccccc2)no1)C(=O)c1ccc(NS(=O)(=O)c2ccccc2)cc1. The fraction of sp³-hybridized carbons (Fsp3) is 0.0870. The van der Waals surface area contributed by atoms with Crippen molar-refractivity contribution in [1.29, 1.82) is 0 Å². The van der Waals surface area contributed by atoms with Crippen LogP contribution in [0.3, 0.4) is 0 Å². The predicted molar refractivity (Wildman–Crippen MR) is 119 cm³/mol. The lowest BCUT2D eigenvalue weighted by molar-refractivity contribution is 0.0769. The first-order valence-corrected chi connectivity index (χ1v) is 11.2. The smallest absolute Gasteiger partial charge is 0.261 e. The van der Waals surface area contributed by atoms with Crippen molar-refractivity contribution < 1.29 is 17.7 Å². The van der Waals surface area contributed by atoms with E-state index in [0.717, 1.165) is 5.56 Å². The van der Waals surface area contributed by atoms with E-state index in [1.165, 1.54) is 17.0 Å². The molecule has 1 aromatic heterocycles. The second-order valence-electron chi connectivity index (χ2n) is 7.03. The highest BCUT2D eigenvalue weighted by Gasteiger charge is 2.17. The van der Waals surface area contributed by atoms with Crippen LogP contribution >= 0.6 is 0 Å². The Morgan fingerprint density at radius 2 is 1.56 bits per heavy atom. The normalized spacial score (nSPS) is 11.2. The van der Waals surface area contributed by atoms with Crippen LogP contribution in [-0.2, 0) is 16.6 Å². The van der Waals surface area contributed by atoms with Gasteiger partial charge in [-0.15, -0.1) is 0 Å². The average Bonchev–Trinajstić information content (AvgIpc) is 3.28. The van der Waals surface area contributed by atoms with Gasteiger partial charge in [-0.1, -0.05) is 53.7 Å². The molecule has 0 unspecified atom stereocenters. The number of benzene rings is 3. The van der Waals surface area contributed by atoms with Crippen LogP contribution in [0.4, 0.5) is 5.69 Å². The molecule has 1 heterocycles. The van der Waals surface area contributed by atoms with Crippen LogP contribution < -0.4 is 4.72 Å². The summed E-state index contributed by atoms with van der Waals surface area (Å²) in [6.07, 6.45) is 0. The van der Waals surface area contributed by atoms with Crippen molar-refractivity contribution in [2.24, 2.45) is 0 Å². The molecule has 32 heavy (non-hydrogen) atoms. The van der Waals surface area contributed by atoms with Crippen molar-refractivity contribution in [2.45, 2.75) is 11.4 Å². The summed E-state index contributed by atoms with van der Waals surface area (Å²) in [4.78, 5) is 18.7. The third-order valence-electron chi connectivity index (χ3n) is 4.66. The predicted octanol–water partition coefficient (Wildman–Crippen LogP) is 3.81. The maximum atomic E-state index is 12.7. The molecule has 0 saturated carbocycles. The summed E-state index contributed by atoms with van der Waals surface area (Å²) < 4.78 is 32.6. The minimum absolute atomic E-state index is 0.140. The van der Waals surface area contributed by atoms with Gasteiger partial charge in [0, 0.05) is 23.9 Å². The molecule has 8 nitrogen and oxygen atoms in total. The largest absolute Gasteiger partial charge is 0.337 e. The Bertz CT molecular complexity index is 1310. The number of amides is 1. The summed E-state index contributed by atoms with van der Waals surface area (Å²) in [6, 6.07) is 23.7. The Balaban J connectivity index is 1.41. The van der Waals surface area contributed by atoms with E-state index in [9.17, 15) is 13.2 Å². The zero-order valence-electron chi connectivity index (χ0n) is 17.2. The molecular formula is C23H20N4O4S. The van der Waals surface area contributed by atoms with Crippen molar-refractivity contribution in [1.82, 2.24) is 15.0 Å². The molecule has 0 aliphatic heterocycles. The van der Waals surface area contributed by atoms with Gasteiger partial charge in [0.15, 0.2) is 0 Å². The molecule has 0 saturated heterocycles. The first kappa shape index (κ1) is 21.3. The first-order valence-electron chi connectivity index (χ1n) is 9.74. The summed E-state index contributed by atoms with van der Waals surface area (Å²) in [5.74, 6) is 0.505. The topological polar surface area (TPSA) is 105 Å². The number of aromatic nitrogens is 2. The molecule has 0 fully saturated rings. The van der Waals surface area contributed by atoms with E-state index in [1.807, 2.05) is 30.3 Å². The van der Waals surface area contributed by atoms with Gasteiger partial charge in [-0.05, 0) is 36.4 Å². The first-order chi connectivity index (χ1) is 15.4. The molecule has 0 atom stereocenters. The summed E-state index contributed by atoms with van der Waals surface area (Å²) >= 11 is 0. The minimum Gasteiger partial charge on any atom is -0.337 e. The number of anilines is 1. The molecule has 0 aliphatic rings. The molecule has 0 aliphatic carbocycles. The number of carbonyl (C=O) groups excluding carboxylic acids is 1. The molecule has 4 aromatic rings. The van der Waals surface area contributed by atoms with Gasteiger partial charge >= 0.3 is 0 Å². The highest BCUT2D eigenvalue weighted by Crippen LogP contribution is 2.18. The van der Waals surface area contributed by atoms with Gasteiger partial charge in [-0.2, -0.15) is 4.98 Å². The van der Waals surface area contributed by atoms with Crippen LogP contribution in [0.15, 0.2) is 94.3 Å². The van der Waals surface area contributed by atoms with E-state index < -0.39 is 10.0 Å². The van der Waals surface area contributed by atoms with Crippen LogP contribution in [-0.4, -0.2) is 36.4 Å². The molecular weight excluding hydrogens is 428 g/mol. The number of nitrogens with one attached hydrogen (secondary N) is 1. The van der Waals surface area contributed by atoms with Gasteiger partial charge in [-0.25, -0.2) is 8.42 Å². The van der Waals surface area contributed by atoms with Gasteiger partial charge in [0.25, 0.3) is 15.9 Å². The van der Waals surface area contributed by atoms with E-state index in [-0.39, 0.29) is 17.3 Å². The molecule has 4 rings (SSSR count). The summed E-state index contributed by atoms with van der Waals surface area (Å²) in [7, 11) is -2.07. The van der Waals surface area contributed by atoms with Gasteiger partial charge in [-0.3, -0.25) is 9.52 Å². The molecule has 0 bridgehead atoms. The van der Waals surface area contributed by atoms with Gasteiger partial charge in [0.05, 0.1) is 11.4 Å². The third kappa shape index (κ3) is 4.84. The molecule has 3 aromatic carbocycles. The zero-order chi connectivity index (χ0) is 22.6. The monoisotopic (exact) mass is 448 g/mol. The lowest BCUT2D eigenvalue weighted by atomic mass is 10.2. The second-order valence-corrected chi connectivity index (χ2v) is 8.72. The number of nitrogens with zero attached hydrogens (tertiary/aromatic N) is 3. The van der Waals surface area contributed by atoms with Crippen molar-refractivity contribution in [3.8, 4) is 11.4 Å². The van der Waals surface area contributed by atoms with Gasteiger partial charge in [0.1, 0.15) is 0 Å². The molecule has 9 heteroatoms. The van der Waals surface area contributed by atoms with E-state index in [0.29, 0.717) is 23.0 Å². The van der Waals surface area contributed by atoms with E-state index in [2.05, 4.69) is 14.9 Å². The van der Waals surface area contributed by atoms with Crippen LogP contribution in [0, 0.1) is 0 Å². The molecule has 1 N–H and O–H groups in total. The number of rotatable bonds is 7. The highest BCUT2D eigenvalue weighted by atomic mass is 32.2. The quantitative estimate of drug-likeness (QED) is 0.461. The molecule has 0 radical (unpaired) electrons. The lowest BCUT2D eigenvalue weighted by Crippen LogP contribution is -2.26. The minimum atomic E-state index is -3.70. The van der Waals surface area contributed by atoms with Crippen molar-refractivity contribution in [3.05, 3.63) is 96.4 Å². The van der Waals surface area contributed by atoms with Gasteiger partial charge < -0.3 is 9.42 Å². The standard InChI is InChI=1S/C23H20N4O4S/c1-27(16-21-24-22(25-31-21)17-8-4-2-5-9-17)23(28)18-12-14-19(15-13-18)26-32(29,30)20-10-6-3-7-11-20/h2-15,26H,16H2,1H3. The van der Waals surface area contributed by atoms with Gasteiger partial charge in [0.2, 0.25) is 11.7 Å². The fourth-order valence-corrected chi connectivity index (χ4v) is 4.09. The number of sulfonamides is 1. The Morgan fingerprint density at radius 3 is 2.22 bits per heavy atom. The lowest BCUT2D eigenvalue weighted by Gasteiger charge is -2.15. The molecule has 162 valence electrons. The molecule has 1 amide bonds. The Kier molecular flexibility index (Phi) is 6.00. The Labute approximate surface area is 185 Å². The van der Waals surface area contributed by atoms with Crippen LogP contribution in [0.25, 0.3) is 11.4 Å². The second kappa shape index (κ2) is 9.03. The summed E-state index contributed by atoms with van der Waals surface area (Å²) in [5.41, 5.74) is 1.58. The van der Waals surface area contributed by atoms with Crippen LogP contribution in [0.2, 0.25) is 0 Å². The number of carbonyl (C=O) groups is 1. The fourth-order valence-electron chi connectivity index (χ4n) is 3.01. The zero-order valence-corrected chi connectivity index (χ0v) is 18.0. The van der Waals surface area contributed by atoms with Crippen LogP contribution in [0.1, 0.15) is 16.2 Å². The Morgan fingerprint density at radius 1 is 0.938 bits per heavy atom. The maximum absolute atomic E-state index is 12.7. The van der Waals surface area contributed by atoms with Crippen molar-refractivity contribution in [3.63, 3.8) is 0 Å². The van der Waals surface area contributed by atoms with E-state index in [4.69, 9.17) is 4.52 Å².